The minimum absolute atomic E-state index is 0.0614. The van der Waals surface area contributed by atoms with E-state index in [2.05, 4.69) is 0 Å². The fourth-order valence-electron chi connectivity index (χ4n) is 4.70. The normalized spacial score (nSPS) is 27.5. The van der Waals surface area contributed by atoms with Gasteiger partial charge in [-0.2, -0.15) is 13.2 Å². The van der Waals surface area contributed by atoms with Crippen LogP contribution in [0.15, 0.2) is 18.2 Å². The lowest BCUT2D eigenvalue weighted by atomic mass is 10.00. The monoisotopic (exact) mass is 400 g/mol. The van der Waals surface area contributed by atoms with Crippen LogP contribution >= 0.6 is 0 Å². The number of fused-ring (bicyclic) bond motifs is 2. The van der Waals surface area contributed by atoms with Gasteiger partial charge in [0.1, 0.15) is 5.82 Å². The Balaban J connectivity index is 1.35. The number of alkyl halides is 3. The molecule has 0 saturated carbocycles. The molecule has 0 aliphatic carbocycles. The summed E-state index contributed by atoms with van der Waals surface area (Å²) in [6, 6.07) is 2.92. The lowest BCUT2D eigenvalue weighted by Gasteiger charge is -2.40. The fourth-order valence-corrected chi connectivity index (χ4v) is 4.70. The van der Waals surface area contributed by atoms with Crippen molar-refractivity contribution in [1.29, 1.82) is 0 Å². The summed E-state index contributed by atoms with van der Waals surface area (Å²) >= 11 is 0. The summed E-state index contributed by atoms with van der Waals surface area (Å²) in [6.07, 6.45) is 0.711. The molecule has 3 aliphatic rings. The fraction of sp³-hybridized carbons (Fsp3) is 0.650. The largest absolute Gasteiger partial charge is 0.416 e. The summed E-state index contributed by atoms with van der Waals surface area (Å²) in [5.74, 6) is -0.903. The minimum atomic E-state index is -4.56. The van der Waals surface area contributed by atoms with Crippen molar-refractivity contribution in [2.45, 2.75) is 69.5 Å². The summed E-state index contributed by atoms with van der Waals surface area (Å²) in [5.41, 5.74) is -0.878. The van der Waals surface area contributed by atoms with Crippen molar-refractivity contribution in [3.63, 3.8) is 0 Å². The van der Waals surface area contributed by atoms with Gasteiger partial charge in [0.25, 0.3) is 0 Å². The molecule has 1 aromatic carbocycles. The van der Waals surface area contributed by atoms with Crippen LogP contribution in [0.1, 0.15) is 49.7 Å². The van der Waals surface area contributed by atoms with E-state index in [9.17, 15) is 22.4 Å². The first kappa shape index (κ1) is 19.5. The van der Waals surface area contributed by atoms with Gasteiger partial charge in [-0.05, 0) is 50.7 Å². The van der Waals surface area contributed by atoms with Crippen LogP contribution in [0.25, 0.3) is 0 Å². The average Bonchev–Trinajstić information content (AvgIpc) is 3.26. The van der Waals surface area contributed by atoms with Gasteiger partial charge in [-0.3, -0.25) is 0 Å². The standard InChI is InChI=1S/C20H24F4N2O2/c21-18-9-14(20(22,23)24)4-3-13(18)12-28-17-10-15-5-6-16(11-17)26(15)19(27)25-7-1-2-8-25/h3-4,9,15-17H,1-2,5-8,10-12H2. The average molecular weight is 400 g/mol. The number of halogens is 4. The van der Waals surface area contributed by atoms with Crippen LogP contribution in [0, 0.1) is 5.82 Å². The van der Waals surface area contributed by atoms with E-state index in [4.69, 9.17) is 4.74 Å². The first-order valence-electron chi connectivity index (χ1n) is 9.87. The molecule has 3 saturated heterocycles. The van der Waals surface area contributed by atoms with Crippen molar-refractivity contribution in [3.8, 4) is 0 Å². The SMILES string of the molecule is O=C(N1CCCC1)N1C2CCC1CC(OCc1ccc(C(F)(F)F)cc1F)C2. The molecule has 2 bridgehead atoms. The van der Waals surface area contributed by atoms with Crippen molar-refractivity contribution in [2.24, 2.45) is 0 Å². The number of carbonyl (C=O) groups excluding carboxylic acids is 1. The number of urea groups is 1. The molecule has 4 nitrogen and oxygen atoms in total. The first-order chi connectivity index (χ1) is 13.3. The Hall–Kier alpha value is -1.83. The van der Waals surface area contributed by atoms with E-state index in [1.54, 1.807) is 0 Å². The van der Waals surface area contributed by atoms with Gasteiger partial charge in [0.2, 0.25) is 0 Å². The lowest BCUT2D eigenvalue weighted by molar-refractivity contribution is -0.137. The summed E-state index contributed by atoms with van der Waals surface area (Å²) in [5, 5.41) is 0. The molecule has 2 amide bonds. The van der Waals surface area contributed by atoms with E-state index in [-0.39, 0.29) is 36.4 Å². The van der Waals surface area contributed by atoms with E-state index in [1.165, 1.54) is 0 Å². The predicted molar refractivity (Wildman–Crippen MR) is 94.1 cm³/mol. The smallest absolute Gasteiger partial charge is 0.373 e. The summed E-state index contributed by atoms with van der Waals surface area (Å²) in [6.45, 7) is 1.58. The number of ether oxygens (including phenoxy) is 1. The van der Waals surface area contributed by atoms with Crippen molar-refractivity contribution in [1.82, 2.24) is 9.80 Å². The number of likely N-dealkylation sites (tertiary alicyclic amines) is 1. The topological polar surface area (TPSA) is 32.8 Å². The van der Waals surface area contributed by atoms with Gasteiger partial charge in [0.05, 0.1) is 18.3 Å². The van der Waals surface area contributed by atoms with E-state index in [0.717, 1.165) is 50.9 Å². The molecule has 154 valence electrons. The Bertz CT molecular complexity index is 719. The Kier molecular flexibility index (Phi) is 5.24. The second kappa shape index (κ2) is 7.54. The molecule has 4 rings (SSSR count). The van der Waals surface area contributed by atoms with Crippen LogP contribution in [-0.4, -0.2) is 47.1 Å². The zero-order chi connectivity index (χ0) is 19.9. The van der Waals surface area contributed by atoms with Crippen LogP contribution in [0.4, 0.5) is 22.4 Å². The highest BCUT2D eigenvalue weighted by atomic mass is 19.4. The van der Waals surface area contributed by atoms with Crippen LogP contribution in [0.3, 0.4) is 0 Å². The van der Waals surface area contributed by atoms with E-state index >= 15 is 0 Å². The van der Waals surface area contributed by atoms with Gasteiger partial charge in [0.15, 0.2) is 0 Å². The maximum atomic E-state index is 14.0. The third-order valence-electron chi connectivity index (χ3n) is 6.14. The number of amides is 2. The summed E-state index contributed by atoms with van der Waals surface area (Å²) < 4.78 is 57.8. The third-order valence-corrected chi connectivity index (χ3v) is 6.14. The molecule has 0 N–H and O–H groups in total. The van der Waals surface area contributed by atoms with Gasteiger partial charge >= 0.3 is 12.2 Å². The quantitative estimate of drug-likeness (QED) is 0.697. The van der Waals surface area contributed by atoms with Gasteiger partial charge in [-0.15, -0.1) is 0 Å². The number of hydrogen-bond donors (Lipinski definition) is 0. The molecule has 0 spiro atoms. The van der Waals surface area contributed by atoms with Crippen LogP contribution in [0.5, 0.6) is 0 Å². The van der Waals surface area contributed by atoms with Crippen molar-refractivity contribution in [3.05, 3.63) is 35.1 Å². The molecule has 3 heterocycles. The number of rotatable bonds is 3. The number of hydrogen-bond acceptors (Lipinski definition) is 2. The van der Waals surface area contributed by atoms with Gasteiger partial charge < -0.3 is 14.5 Å². The van der Waals surface area contributed by atoms with Crippen LogP contribution < -0.4 is 0 Å². The Morgan fingerprint density at radius 1 is 1.11 bits per heavy atom. The van der Waals surface area contributed by atoms with Crippen molar-refractivity contribution < 1.29 is 27.1 Å². The van der Waals surface area contributed by atoms with Gasteiger partial charge in [-0.25, -0.2) is 9.18 Å². The highest BCUT2D eigenvalue weighted by Gasteiger charge is 2.45. The molecule has 0 radical (unpaired) electrons. The van der Waals surface area contributed by atoms with E-state index < -0.39 is 17.6 Å². The molecule has 2 unspecified atom stereocenters. The second-order valence-corrected chi connectivity index (χ2v) is 7.98. The highest BCUT2D eigenvalue weighted by Crippen LogP contribution is 2.38. The molecule has 2 atom stereocenters. The van der Waals surface area contributed by atoms with Crippen molar-refractivity contribution >= 4 is 6.03 Å². The molecule has 0 aromatic heterocycles. The van der Waals surface area contributed by atoms with Crippen LogP contribution in [0.2, 0.25) is 0 Å². The summed E-state index contributed by atoms with van der Waals surface area (Å²) in [4.78, 5) is 16.7. The predicted octanol–water partition coefficient (Wildman–Crippen LogP) is 4.57. The molecule has 1 aromatic rings. The lowest BCUT2D eigenvalue weighted by Crippen LogP contribution is -2.52. The number of piperidine rings is 1. The zero-order valence-corrected chi connectivity index (χ0v) is 15.6. The number of nitrogens with zero attached hydrogens (tertiary/aromatic N) is 2. The Morgan fingerprint density at radius 2 is 1.75 bits per heavy atom. The maximum absolute atomic E-state index is 14.0. The van der Waals surface area contributed by atoms with E-state index in [1.807, 2.05) is 9.80 Å². The zero-order valence-electron chi connectivity index (χ0n) is 15.6. The molecule has 8 heteroatoms. The Morgan fingerprint density at radius 3 is 2.32 bits per heavy atom. The van der Waals surface area contributed by atoms with Crippen LogP contribution in [-0.2, 0) is 17.5 Å². The molecule has 3 fully saturated rings. The second-order valence-electron chi connectivity index (χ2n) is 7.98. The molecular formula is C20H24F4N2O2. The molecule has 3 aliphatic heterocycles. The maximum Gasteiger partial charge on any atom is 0.416 e. The van der Waals surface area contributed by atoms with E-state index in [0.29, 0.717) is 18.9 Å². The molecular weight excluding hydrogens is 376 g/mol. The van der Waals surface area contributed by atoms with Crippen molar-refractivity contribution in [2.75, 3.05) is 13.1 Å². The molecule has 28 heavy (non-hydrogen) atoms. The summed E-state index contributed by atoms with van der Waals surface area (Å²) in [7, 11) is 0. The highest BCUT2D eigenvalue weighted by molar-refractivity contribution is 5.76. The number of benzene rings is 1. The van der Waals surface area contributed by atoms with Gasteiger partial charge in [0, 0.05) is 30.7 Å². The Labute approximate surface area is 161 Å². The third kappa shape index (κ3) is 3.83. The minimum Gasteiger partial charge on any atom is -0.373 e. The number of carbonyl (C=O) groups is 1. The van der Waals surface area contributed by atoms with Gasteiger partial charge in [-0.1, -0.05) is 6.07 Å². The first-order valence-corrected chi connectivity index (χ1v) is 9.87.